The van der Waals surface area contributed by atoms with Gasteiger partial charge in [0.25, 0.3) is 0 Å². The van der Waals surface area contributed by atoms with E-state index in [0.717, 1.165) is 19.3 Å². The molecule has 0 heterocycles. The lowest BCUT2D eigenvalue weighted by atomic mass is 9.86. The first-order valence-electron chi connectivity index (χ1n) is 5.80. The second kappa shape index (κ2) is 4.28. The van der Waals surface area contributed by atoms with Crippen molar-refractivity contribution in [1.82, 2.24) is 5.32 Å². The molecule has 1 amide bonds. The Bertz CT molecular complexity index is 344. The third-order valence-corrected chi connectivity index (χ3v) is 3.41. The lowest BCUT2D eigenvalue weighted by Gasteiger charge is -2.28. The van der Waals surface area contributed by atoms with E-state index < -0.39 is 5.97 Å². The van der Waals surface area contributed by atoms with E-state index in [2.05, 4.69) is 5.32 Å². The maximum absolute atomic E-state index is 11.6. The Balaban J connectivity index is 1.95. The number of carbonyl (C=O) groups is 2. The fourth-order valence-electron chi connectivity index (χ4n) is 2.03. The molecule has 2 aliphatic carbocycles. The molecule has 2 aliphatic rings. The van der Waals surface area contributed by atoms with Crippen LogP contribution in [0.4, 0.5) is 0 Å². The molecule has 2 N–H and O–H groups in total. The largest absolute Gasteiger partial charge is 0.478 e. The number of hydrogen-bond acceptors (Lipinski definition) is 2. The van der Waals surface area contributed by atoms with Crippen molar-refractivity contribution in [2.24, 2.45) is 11.8 Å². The highest BCUT2D eigenvalue weighted by atomic mass is 16.4. The molecule has 0 aromatic carbocycles. The summed E-state index contributed by atoms with van der Waals surface area (Å²) in [5.74, 6) is -0.252. The van der Waals surface area contributed by atoms with Gasteiger partial charge in [0.15, 0.2) is 0 Å². The molecule has 0 saturated heterocycles. The van der Waals surface area contributed by atoms with Crippen LogP contribution in [0.25, 0.3) is 0 Å². The Labute approximate surface area is 94.7 Å². The van der Waals surface area contributed by atoms with Gasteiger partial charge < -0.3 is 10.4 Å². The van der Waals surface area contributed by atoms with E-state index >= 15 is 0 Å². The third-order valence-electron chi connectivity index (χ3n) is 3.41. The highest BCUT2D eigenvalue weighted by molar-refractivity contribution is 5.87. The molecular formula is C12H17NO3. The van der Waals surface area contributed by atoms with E-state index in [1.165, 1.54) is 0 Å². The van der Waals surface area contributed by atoms with Crippen molar-refractivity contribution < 1.29 is 14.7 Å². The molecule has 4 heteroatoms. The number of allylic oxidation sites excluding steroid dienone is 1. The Morgan fingerprint density at radius 1 is 1.44 bits per heavy atom. The average molecular weight is 223 g/mol. The summed E-state index contributed by atoms with van der Waals surface area (Å²) in [5.41, 5.74) is 0.430. The van der Waals surface area contributed by atoms with E-state index in [1.807, 2.05) is 6.92 Å². The van der Waals surface area contributed by atoms with Crippen molar-refractivity contribution in [3.05, 3.63) is 11.6 Å². The predicted molar refractivity (Wildman–Crippen MR) is 58.8 cm³/mol. The minimum Gasteiger partial charge on any atom is -0.478 e. The number of amides is 1. The molecule has 4 nitrogen and oxygen atoms in total. The maximum Gasteiger partial charge on any atom is 0.331 e. The molecule has 1 fully saturated rings. The fourth-order valence-corrected chi connectivity index (χ4v) is 2.03. The van der Waals surface area contributed by atoms with Crippen LogP contribution in [0.3, 0.4) is 0 Å². The highest BCUT2D eigenvalue weighted by Gasteiger charge is 2.33. The van der Waals surface area contributed by atoms with Gasteiger partial charge in [0, 0.05) is 17.5 Å². The maximum atomic E-state index is 11.6. The highest BCUT2D eigenvalue weighted by Crippen LogP contribution is 2.30. The van der Waals surface area contributed by atoms with Gasteiger partial charge in [0.05, 0.1) is 0 Å². The number of carboxylic acids is 1. The van der Waals surface area contributed by atoms with Crippen molar-refractivity contribution >= 4 is 11.9 Å². The Kier molecular flexibility index (Phi) is 2.99. The molecule has 0 bridgehead atoms. The van der Waals surface area contributed by atoms with Crippen molar-refractivity contribution in [2.45, 2.75) is 38.6 Å². The average Bonchev–Trinajstić information content (AvgIpc) is 3.04. The summed E-state index contributed by atoms with van der Waals surface area (Å²) in [6.07, 6.45) is 4.92. The monoisotopic (exact) mass is 223 g/mol. The minimum absolute atomic E-state index is 0.0100. The molecule has 16 heavy (non-hydrogen) atoms. The number of hydrogen-bond donors (Lipinski definition) is 2. The number of carbonyl (C=O) groups excluding carboxylic acids is 1. The zero-order valence-electron chi connectivity index (χ0n) is 9.40. The van der Waals surface area contributed by atoms with Crippen LogP contribution in [0.15, 0.2) is 11.6 Å². The first-order chi connectivity index (χ1) is 7.58. The standard InChI is InChI=1S/C12H17NO3/c1-7-2-3-9(12(15)16)6-10(7)13-11(14)8-4-5-8/h3,7-8,10H,2,4-6H2,1H3,(H,13,14)(H,15,16). The van der Waals surface area contributed by atoms with E-state index in [9.17, 15) is 9.59 Å². The quantitative estimate of drug-likeness (QED) is 0.758. The first-order valence-corrected chi connectivity index (χ1v) is 5.80. The number of nitrogens with one attached hydrogen (secondary N) is 1. The lowest BCUT2D eigenvalue weighted by molar-refractivity contribution is -0.133. The molecule has 0 radical (unpaired) electrons. The molecule has 0 aromatic rings. The molecule has 0 spiro atoms. The summed E-state index contributed by atoms with van der Waals surface area (Å²) >= 11 is 0. The van der Waals surface area contributed by atoms with Crippen molar-refractivity contribution in [3.63, 3.8) is 0 Å². The number of rotatable bonds is 3. The molecule has 2 unspecified atom stereocenters. The molecule has 0 aliphatic heterocycles. The Morgan fingerprint density at radius 3 is 2.69 bits per heavy atom. The van der Waals surface area contributed by atoms with Gasteiger partial charge in [0.1, 0.15) is 0 Å². The molecule has 88 valence electrons. The van der Waals surface area contributed by atoms with Gasteiger partial charge in [-0.1, -0.05) is 13.0 Å². The van der Waals surface area contributed by atoms with Gasteiger partial charge in [-0.15, -0.1) is 0 Å². The van der Waals surface area contributed by atoms with Crippen LogP contribution in [0.1, 0.15) is 32.6 Å². The van der Waals surface area contributed by atoms with E-state index in [0.29, 0.717) is 17.9 Å². The van der Waals surface area contributed by atoms with Crippen molar-refractivity contribution in [3.8, 4) is 0 Å². The molecule has 2 atom stereocenters. The van der Waals surface area contributed by atoms with Crippen LogP contribution in [0.5, 0.6) is 0 Å². The van der Waals surface area contributed by atoms with Gasteiger partial charge in [-0.2, -0.15) is 0 Å². The van der Waals surface area contributed by atoms with Gasteiger partial charge >= 0.3 is 5.97 Å². The Hall–Kier alpha value is -1.32. The van der Waals surface area contributed by atoms with E-state index in [4.69, 9.17) is 5.11 Å². The summed E-state index contributed by atoms with van der Waals surface area (Å²) in [6.45, 7) is 2.05. The fraction of sp³-hybridized carbons (Fsp3) is 0.667. The summed E-state index contributed by atoms with van der Waals surface area (Å²) in [4.78, 5) is 22.5. The lowest BCUT2D eigenvalue weighted by Crippen LogP contribution is -2.42. The van der Waals surface area contributed by atoms with Crippen LogP contribution in [-0.2, 0) is 9.59 Å². The number of carboxylic acid groups (broad SMARTS) is 1. The summed E-state index contributed by atoms with van der Waals surface area (Å²) in [6, 6.07) is -0.0100. The molecule has 1 saturated carbocycles. The topological polar surface area (TPSA) is 66.4 Å². The Morgan fingerprint density at radius 2 is 2.12 bits per heavy atom. The van der Waals surface area contributed by atoms with E-state index in [1.54, 1.807) is 6.08 Å². The normalized spacial score (nSPS) is 29.4. The van der Waals surface area contributed by atoms with E-state index in [-0.39, 0.29) is 17.9 Å². The molecule has 0 aromatic heterocycles. The predicted octanol–water partition coefficient (Wildman–Crippen LogP) is 1.32. The summed E-state index contributed by atoms with van der Waals surface area (Å²) in [7, 11) is 0. The van der Waals surface area contributed by atoms with Crippen molar-refractivity contribution in [2.75, 3.05) is 0 Å². The van der Waals surface area contributed by atoms with Crippen molar-refractivity contribution in [1.29, 1.82) is 0 Å². The molecular weight excluding hydrogens is 206 g/mol. The second-order valence-electron chi connectivity index (χ2n) is 4.84. The van der Waals surface area contributed by atoms with Crippen LogP contribution >= 0.6 is 0 Å². The van der Waals surface area contributed by atoms with Gasteiger partial charge in [-0.3, -0.25) is 4.79 Å². The SMILES string of the molecule is CC1CC=C(C(=O)O)CC1NC(=O)C1CC1. The molecule has 2 rings (SSSR count). The van der Waals surface area contributed by atoms with Gasteiger partial charge in [0.2, 0.25) is 5.91 Å². The van der Waals surface area contributed by atoms with Gasteiger partial charge in [-0.25, -0.2) is 4.79 Å². The zero-order chi connectivity index (χ0) is 11.7. The number of aliphatic carboxylic acids is 1. The summed E-state index contributed by atoms with van der Waals surface area (Å²) in [5, 5.41) is 11.9. The van der Waals surface area contributed by atoms with Crippen LogP contribution in [-0.4, -0.2) is 23.0 Å². The third kappa shape index (κ3) is 2.43. The second-order valence-corrected chi connectivity index (χ2v) is 4.84. The van der Waals surface area contributed by atoms with Crippen LogP contribution < -0.4 is 5.32 Å². The smallest absolute Gasteiger partial charge is 0.331 e. The minimum atomic E-state index is -0.863. The summed E-state index contributed by atoms with van der Waals surface area (Å²) < 4.78 is 0. The van der Waals surface area contributed by atoms with Crippen LogP contribution in [0.2, 0.25) is 0 Å². The first kappa shape index (κ1) is 11.2. The van der Waals surface area contributed by atoms with Gasteiger partial charge in [-0.05, 0) is 31.6 Å². The van der Waals surface area contributed by atoms with Crippen LogP contribution in [0, 0.1) is 11.8 Å². The zero-order valence-corrected chi connectivity index (χ0v) is 9.40.